The van der Waals surface area contributed by atoms with Gasteiger partial charge < -0.3 is 4.74 Å². The minimum absolute atomic E-state index is 0.0212. The predicted octanol–water partition coefficient (Wildman–Crippen LogP) is 2.48. The number of nitriles is 1. The van der Waals surface area contributed by atoms with Gasteiger partial charge in [-0.05, 0) is 24.6 Å². The molecule has 0 aliphatic rings. The largest absolute Gasteiger partial charge is 0.462 e. The van der Waals surface area contributed by atoms with Crippen LogP contribution in [0.2, 0.25) is 0 Å². The van der Waals surface area contributed by atoms with Gasteiger partial charge in [0.05, 0.1) is 18.2 Å². The standard InChI is InChI=1S/C15H15NO3/c1-3-14(17)13(15(18)19-4-2)9-11-7-5-6-8-12(11)10-16/h5-9H,3-4H2,1-2H3/b13-9+. The second-order valence-corrected chi connectivity index (χ2v) is 3.75. The number of benzene rings is 1. The van der Waals surface area contributed by atoms with E-state index < -0.39 is 5.97 Å². The van der Waals surface area contributed by atoms with Gasteiger partial charge in [-0.3, -0.25) is 4.79 Å². The van der Waals surface area contributed by atoms with Crippen molar-refractivity contribution in [3.63, 3.8) is 0 Å². The van der Waals surface area contributed by atoms with Gasteiger partial charge in [-0.2, -0.15) is 5.26 Å². The third-order valence-corrected chi connectivity index (χ3v) is 2.50. The zero-order chi connectivity index (χ0) is 14.3. The molecular formula is C15H15NO3. The SMILES string of the molecule is CCOC(=O)/C(=C/c1ccccc1C#N)C(=O)CC. The van der Waals surface area contributed by atoms with Crippen LogP contribution in [0.3, 0.4) is 0 Å². The molecule has 0 aromatic heterocycles. The van der Waals surface area contributed by atoms with E-state index in [0.717, 1.165) is 0 Å². The summed E-state index contributed by atoms with van der Waals surface area (Å²) >= 11 is 0. The van der Waals surface area contributed by atoms with Gasteiger partial charge in [0, 0.05) is 6.42 Å². The molecule has 1 rings (SSSR count). The van der Waals surface area contributed by atoms with Crippen molar-refractivity contribution in [2.45, 2.75) is 20.3 Å². The highest BCUT2D eigenvalue weighted by atomic mass is 16.5. The summed E-state index contributed by atoms with van der Waals surface area (Å²) in [7, 11) is 0. The first-order chi connectivity index (χ1) is 9.13. The highest BCUT2D eigenvalue weighted by Gasteiger charge is 2.18. The first-order valence-corrected chi connectivity index (χ1v) is 6.05. The molecule has 0 aliphatic carbocycles. The number of rotatable bonds is 5. The van der Waals surface area contributed by atoms with Crippen LogP contribution in [0.5, 0.6) is 0 Å². The molecule has 0 bridgehead atoms. The van der Waals surface area contributed by atoms with E-state index in [-0.39, 0.29) is 24.4 Å². The zero-order valence-corrected chi connectivity index (χ0v) is 11.0. The minimum Gasteiger partial charge on any atom is -0.462 e. The smallest absolute Gasteiger partial charge is 0.341 e. The average Bonchev–Trinajstić information content (AvgIpc) is 2.44. The fraction of sp³-hybridized carbons (Fsp3) is 0.267. The average molecular weight is 257 g/mol. The van der Waals surface area contributed by atoms with E-state index in [0.29, 0.717) is 11.1 Å². The highest BCUT2D eigenvalue weighted by Crippen LogP contribution is 2.15. The van der Waals surface area contributed by atoms with Gasteiger partial charge in [0.1, 0.15) is 5.57 Å². The van der Waals surface area contributed by atoms with Gasteiger partial charge in [-0.25, -0.2) is 4.79 Å². The van der Waals surface area contributed by atoms with E-state index in [2.05, 4.69) is 0 Å². The summed E-state index contributed by atoms with van der Waals surface area (Å²) in [6, 6.07) is 8.80. The molecule has 0 N–H and O–H groups in total. The topological polar surface area (TPSA) is 67.2 Å². The van der Waals surface area contributed by atoms with Gasteiger partial charge >= 0.3 is 5.97 Å². The summed E-state index contributed by atoms with van der Waals surface area (Å²) in [4.78, 5) is 23.5. The van der Waals surface area contributed by atoms with Crippen LogP contribution in [0.25, 0.3) is 6.08 Å². The van der Waals surface area contributed by atoms with E-state index in [9.17, 15) is 9.59 Å². The number of ketones is 1. The molecule has 0 heterocycles. The van der Waals surface area contributed by atoms with Crippen LogP contribution in [-0.4, -0.2) is 18.4 Å². The molecule has 4 heteroatoms. The molecule has 0 unspecified atom stereocenters. The van der Waals surface area contributed by atoms with Crippen LogP contribution < -0.4 is 0 Å². The summed E-state index contributed by atoms with van der Waals surface area (Å²) in [5.41, 5.74) is 0.926. The van der Waals surface area contributed by atoms with Crippen molar-refractivity contribution in [3.05, 3.63) is 41.0 Å². The number of carbonyl (C=O) groups is 2. The van der Waals surface area contributed by atoms with E-state index >= 15 is 0 Å². The molecule has 19 heavy (non-hydrogen) atoms. The van der Waals surface area contributed by atoms with E-state index in [1.807, 2.05) is 6.07 Å². The van der Waals surface area contributed by atoms with Crippen LogP contribution in [0.15, 0.2) is 29.8 Å². The van der Waals surface area contributed by atoms with Crippen molar-refractivity contribution in [2.75, 3.05) is 6.61 Å². The fourth-order valence-electron chi connectivity index (χ4n) is 1.53. The molecule has 0 spiro atoms. The number of esters is 1. The van der Waals surface area contributed by atoms with E-state index in [4.69, 9.17) is 10.00 Å². The number of hydrogen-bond acceptors (Lipinski definition) is 4. The second-order valence-electron chi connectivity index (χ2n) is 3.75. The van der Waals surface area contributed by atoms with E-state index in [1.165, 1.54) is 6.08 Å². The zero-order valence-electron chi connectivity index (χ0n) is 11.0. The van der Waals surface area contributed by atoms with Gasteiger partial charge in [0.15, 0.2) is 5.78 Å². The van der Waals surface area contributed by atoms with Crippen molar-refractivity contribution in [2.24, 2.45) is 0 Å². The molecule has 0 radical (unpaired) electrons. The Balaban J connectivity index is 3.24. The maximum atomic E-state index is 11.8. The van der Waals surface area contributed by atoms with Crippen molar-refractivity contribution in [1.82, 2.24) is 0 Å². The number of carbonyl (C=O) groups excluding carboxylic acids is 2. The molecule has 0 aliphatic heterocycles. The van der Waals surface area contributed by atoms with Gasteiger partial charge in [0.2, 0.25) is 0 Å². The summed E-state index contributed by atoms with van der Waals surface area (Å²) < 4.78 is 4.86. The molecule has 1 aromatic rings. The van der Waals surface area contributed by atoms with Crippen LogP contribution in [0, 0.1) is 11.3 Å². The van der Waals surface area contributed by atoms with Crippen molar-refractivity contribution >= 4 is 17.8 Å². The predicted molar refractivity (Wildman–Crippen MR) is 71.1 cm³/mol. The molecular weight excluding hydrogens is 242 g/mol. The Morgan fingerprint density at radius 1 is 1.32 bits per heavy atom. The Labute approximate surface area is 112 Å². The first-order valence-electron chi connectivity index (χ1n) is 6.05. The summed E-state index contributed by atoms with van der Waals surface area (Å²) in [6.07, 6.45) is 1.63. The Bertz CT molecular complexity index is 553. The lowest BCUT2D eigenvalue weighted by Gasteiger charge is -2.05. The monoisotopic (exact) mass is 257 g/mol. The first kappa shape index (κ1) is 14.7. The summed E-state index contributed by atoms with van der Waals surface area (Å²) in [5.74, 6) is -0.951. The number of nitrogens with zero attached hydrogens (tertiary/aromatic N) is 1. The maximum absolute atomic E-state index is 11.8. The third kappa shape index (κ3) is 3.78. The molecule has 98 valence electrons. The normalized spacial score (nSPS) is 10.7. The Kier molecular flexibility index (Phi) is 5.49. The maximum Gasteiger partial charge on any atom is 0.341 e. The second kappa shape index (κ2) is 7.12. The summed E-state index contributed by atoms with van der Waals surface area (Å²) in [6.45, 7) is 3.55. The van der Waals surface area contributed by atoms with Crippen LogP contribution in [0.1, 0.15) is 31.4 Å². The third-order valence-electron chi connectivity index (χ3n) is 2.50. The van der Waals surface area contributed by atoms with Crippen molar-refractivity contribution < 1.29 is 14.3 Å². The molecule has 0 saturated heterocycles. The summed E-state index contributed by atoms with van der Waals surface area (Å²) in [5, 5.41) is 8.99. The molecule has 0 saturated carbocycles. The molecule has 0 atom stereocenters. The van der Waals surface area contributed by atoms with Crippen LogP contribution in [0.4, 0.5) is 0 Å². The number of Topliss-reactive ketones (excluding diaryl/α,β-unsaturated/α-hetero) is 1. The van der Waals surface area contributed by atoms with Crippen molar-refractivity contribution in [1.29, 1.82) is 5.26 Å². The Morgan fingerprint density at radius 2 is 2.00 bits per heavy atom. The van der Waals surface area contributed by atoms with E-state index in [1.54, 1.807) is 38.1 Å². The number of hydrogen-bond donors (Lipinski definition) is 0. The number of ether oxygens (including phenoxy) is 1. The molecule has 0 fully saturated rings. The lowest BCUT2D eigenvalue weighted by Crippen LogP contribution is -2.15. The molecule has 0 amide bonds. The Hall–Kier alpha value is -2.41. The molecule has 4 nitrogen and oxygen atoms in total. The molecule has 1 aromatic carbocycles. The minimum atomic E-state index is -0.651. The van der Waals surface area contributed by atoms with Gasteiger partial charge in [0.25, 0.3) is 0 Å². The van der Waals surface area contributed by atoms with Crippen molar-refractivity contribution in [3.8, 4) is 6.07 Å². The fourth-order valence-corrected chi connectivity index (χ4v) is 1.53. The van der Waals surface area contributed by atoms with Gasteiger partial charge in [-0.1, -0.05) is 25.1 Å². The van der Waals surface area contributed by atoms with Crippen LogP contribution >= 0.6 is 0 Å². The van der Waals surface area contributed by atoms with Gasteiger partial charge in [-0.15, -0.1) is 0 Å². The van der Waals surface area contributed by atoms with Crippen LogP contribution in [-0.2, 0) is 14.3 Å². The lowest BCUT2D eigenvalue weighted by molar-refractivity contribution is -0.139. The quantitative estimate of drug-likeness (QED) is 0.352. The highest BCUT2D eigenvalue weighted by molar-refractivity contribution is 6.20. The Morgan fingerprint density at radius 3 is 2.58 bits per heavy atom. The lowest BCUT2D eigenvalue weighted by atomic mass is 10.0.